The third-order valence-corrected chi connectivity index (χ3v) is 4.57. The monoisotopic (exact) mass is 405 g/mol. The molecule has 13 heteroatoms. The van der Waals surface area contributed by atoms with Crippen LogP contribution in [0, 0.1) is 0 Å². The van der Waals surface area contributed by atoms with Gasteiger partial charge in [-0.15, -0.1) is 0 Å². The molecule has 150 valence electrons. The molecule has 4 amide bonds. The van der Waals surface area contributed by atoms with Crippen molar-refractivity contribution < 1.29 is 41.8 Å². The van der Waals surface area contributed by atoms with Crippen molar-refractivity contribution in [1.82, 2.24) is 10.4 Å². The van der Waals surface area contributed by atoms with E-state index >= 15 is 0 Å². The number of unbranched alkanes of at least 4 members (excludes halogenated alkanes) is 2. The molecule has 1 atom stereocenters. The first-order valence-corrected chi connectivity index (χ1v) is 9.30. The van der Waals surface area contributed by atoms with Crippen LogP contribution < -0.4 is 11.2 Å². The summed E-state index contributed by atoms with van der Waals surface area (Å²) in [5.41, 5.74) is 6.34. The van der Waals surface area contributed by atoms with E-state index in [0.717, 1.165) is 4.90 Å². The predicted molar refractivity (Wildman–Crippen MR) is 87.7 cm³/mol. The summed E-state index contributed by atoms with van der Waals surface area (Å²) in [5.74, 6) is -4.24. The zero-order valence-corrected chi connectivity index (χ0v) is 14.9. The fourth-order valence-electron chi connectivity index (χ4n) is 2.11. The van der Waals surface area contributed by atoms with E-state index in [2.05, 4.69) is 4.84 Å². The van der Waals surface area contributed by atoms with Crippen LogP contribution in [-0.4, -0.2) is 59.3 Å². The molecular weight excluding hydrogens is 386 g/mol. The molecule has 4 N–H and O–H groups in total. The highest BCUT2D eigenvalue weighted by Gasteiger charge is 2.33. The van der Waals surface area contributed by atoms with Gasteiger partial charge < -0.3 is 10.6 Å². The normalized spacial score (nSPS) is 14.9. The molecule has 1 aliphatic heterocycles. The molecule has 0 aromatic carbocycles. The largest absolute Gasteiger partial charge is 0.370 e. The van der Waals surface area contributed by atoms with Crippen molar-refractivity contribution in [3.63, 3.8) is 0 Å². The number of nitrogens with one attached hydrogen (secondary N) is 1. The molecule has 0 radical (unpaired) electrons. The molecular formula is C14H19N3O9S. The first-order chi connectivity index (χ1) is 12.5. The SMILES string of the molecule is NC(=O)CC(C(=O)NOC(=O)CCCCCN1C(=O)C=CC1=O)S(=O)(=O)O. The third-order valence-electron chi connectivity index (χ3n) is 3.47. The lowest BCUT2D eigenvalue weighted by atomic mass is 10.2. The summed E-state index contributed by atoms with van der Waals surface area (Å²) < 4.78 is 31.0. The summed E-state index contributed by atoms with van der Waals surface area (Å²) in [6, 6.07) is 0. The molecule has 0 fully saturated rings. The molecule has 0 aromatic heterocycles. The van der Waals surface area contributed by atoms with Gasteiger partial charge in [0, 0.05) is 25.1 Å². The van der Waals surface area contributed by atoms with Gasteiger partial charge in [-0.2, -0.15) is 13.9 Å². The number of nitrogens with zero attached hydrogens (tertiary/aromatic N) is 1. The number of primary amides is 1. The van der Waals surface area contributed by atoms with Crippen LogP contribution in [0.15, 0.2) is 12.2 Å². The van der Waals surface area contributed by atoms with Gasteiger partial charge in [-0.05, 0) is 12.8 Å². The van der Waals surface area contributed by atoms with Crippen molar-refractivity contribution in [3.8, 4) is 0 Å². The quantitative estimate of drug-likeness (QED) is 0.162. The highest BCUT2D eigenvalue weighted by Crippen LogP contribution is 2.08. The number of carbonyl (C=O) groups is 5. The van der Waals surface area contributed by atoms with Crippen LogP contribution in [0.2, 0.25) is 0 Å². The van der Waals surface area contributed by atoms with E-state index in [0.29, 0.717) is 19.3 Å². The van der Waals surface area contributed by atoms with Gasteiger partial charge in [0.05, 0.1) is 6.42 Å². The smallest absolute Gasteiger partial charge is 0.332 e. The van der Waals surface area contributed by atoms with Crippen LogP contribution in [0.5, 0.6) is 0 Å². The summed E-state index contributed by atoms with van der Waals surface area (Å²) in [6.45, 7) is 0.208. The Morgan fingerprint density at radius 3 is 2.26 bits per heavy atom. The lowest BCUT2D eigenvalue weighted by Crippen LogP contribution is -2.42. The third kappa shape index (κ3) is 7.53. The van der Waals surface area contributed by atoms with Crippen LogP contribution in [-0.2, 0) is 38.9 Å². The number of imide groups is 1. The Balaban J connectivity index is 2.28. The van der Waals surface area contributed by atoms with Gasteiger partial charge >= 0.3 is 5.97 Å². The summed E-state index contributed by atoms with van der Waals surface area (Å²) in [6.07, 6.45) is 2.48. The molecule has 1 heterocycles. The minimum Gasteiger partial charge on any atom is -0.370 e. The van der Waals surface area contributed by atoms with Gasteiger partial charge in [0.1, 0.15) is 0 Å². The van der Waals surface area contributed by atoms with Gasteiger partial charge in [-0.3, -0.25) is 28.6 Å². The average molecular weight is 405 g/mol. The Bertz CT molecular complexity index is 742. The Hall–Kier alpha value is -2.80. The Morgan fingerprint density at radius 2 is 1.74 bits per heavy atom. The predicted octanol–water partition coefficient (Wildman–Crippen LogP) is -1.82. The number of nitrogens with two attached hydrogens (primary N) is 1. The molecule has 0 saturated heterocycles. The van der Waals surface area contributed by atoms with Gasteiger partial charge in [-0.25, -0.2) is 4.79 Å². The van der Waals surface area contributed by atoms with Crippen molar-refractivity contribution in [2.24, 2.45) is 5.73 Å². The number of hydrogen-bond donors (Lipinski definition) is 3. The first-order valence-electron chi connectivity index (χ1n) is 7.80. The summed E-state index contributed by atoms with van der Waals surface area (Å²) >= 11 is 0. The standard InChI is InChI=1S/C14H19N3O9S/c15-10(18)8-9(27(23,24)25)14(22)16-26-13(21)4-2-1-3-7-17-11(19)5-6-12(17)20/h5-6,9H,1-4,7-8H2,(H2,15,18)(H,16,22)(H,23,24,25). The number of amides is 4. The zero-order chi connectivity index (χ0) is 20.6. The van der Waals surface area contributed by atoms with Crippen LogP contribution in [0.1, 0.15) is 32.1 Å². The molecule has 1 aliphatic rings. The molecule has 1 rings (SSSR count). The Morgan fingerprint density at radius 1 is 1.15 bits per heavy atom. The van der Waals surface area contributed by atoms with E-state index in [-0.39, 0.29) is 13.0 Å². The lowest BCUT2D eigenvalue weighted by Gasteiger charge is -2.13. The number of hydrogen-bond acceptors (Lipinski definition) is 8. The van der Waals surface area contributed by atoms with E-state index in [9.17, 15) is 32.4 Å². The number of rotatable bonds is 10. The van der Waals surface area contributed by atoms with E-state index in [1.807, 2.05) is 0 Å². The lowest BCUT2D eigenvalue weighted by molar-refractivity contribution is -0.158. The minimum absolute atomic E-state index is 0.132. The Labute approximate surface area is 154 Å². The summed E-state index contributed by atoms with van der Waals surface area (Å²) in [4.78, 5) is 61.9. The fourth-order valence-corrected chi connectivity index (χ4v) is 2.80. The number of carbonyl (C=O) groups excluding carboxylic acids is 5. The van der Waals surface area contributed by atoms with E-state index in [4.69, 9.17) is 10.3 Å². The van der Waals surface area contributed by atoms with Crippen LogP contribution in [0.3, 0.4) is 0 Å². The molecule has 0 saturated carbocycles. The summed E-state index contributed by atoms with van der Waals surface area (Å²) in [5, 5.41) is -2.19. The number of hydroxylamine groups is 1. The van der Waals surface area contributed by atoms with Gasteiger partial charge in [0.25, 0.3) is 27.8 Å². The van der Waals surface area contributed by atoms with Gasteiger partial charge in [0.2, 0.25) is 5.91 Å². The van der Waals surface area contributed by atoms with Crippen LogP contribution >= 0.6 is 0 Å². The zero-order valence-electron chi connectivity index (χ0n) is 14.1. The maximum Gasteiger partial charge on any atom is 0.332 e. The summed E-state index contributed by atoms with van der Waals surface area (Å²) in [7, 11) is -4.92. The van der Waals surface area contributed by atoms with Crippen molar-refractivity contribution in [2.75, 3.05) is 6.54 Å². The van der Waals surface area contributed by atoms with Gasteiger partial charge in [-0.1, -0.05) is 6.42 Å². The van der Waals surface area contributed by atoms with Crippen molar-refractivity contribution in [3.05, 3.63) is 12.2 Å². The molecule has 1 unspecified atom stereocenters. The fraction of sp³-hybridized carbons (Fsp3) is 0.500. The molecule has 0 bridgehead atoms. The highest BCUT2D eigenvalue weighted by molar-refractivity contribution is 7.87. The van der Waals surface area contributed by atoms with E-state index in [1.54, 1.807) is 5.48 Å². The van der Waals surface area contributed by atoms with Crippen LogP contribution in [0.4, 0.5) is 0 Å². The highest BCUT2D eigenvalue weighted by atomic mass is 32.2. The van der Waals surface area contributed by atoms with Gasteiger partial charge in [0.15, 0.2) is 5.25 Å². The average Bonchev–Trinajstić information content (AvgIpc) is 2.87. The second kappa shape index (κ2) is 9.78. The maximum absolute atomic E-state index is 11.6. The molecule has 0 aromatic rings. The van der Waals surface area contributed by atoms with Crippen molar-refractivity contribution in [1.29, 1.82) is 0 Å². The van der Waals surface area contributed by atoms with Crippen LogP contribution in [0.25, 0.3) is 0 Å². The van der Waals surface area contributed by atoms with E-state index in [1.165, 1.54) is 12.2 Å². The maximum atomic E-state index is 11.6. The van der Waals surface area contributed by atoms with E-state index < -0.39 is 51.4 Å². The second-order valence-corrected chi connectivity index (χ2v) is 7.19. The second-order valence-electron chi connectivity index (χ2n) is 5.59. The van der Waals surface area contributed by atoms with Crippen molar-refractivity contribution in [2.45, 2.75) is 37.4 Å². The first kappa shape index (κ1) is 22.2. The molecule has 0 spiro atoms. The Kier molecular flexibility index (Phi) is 8.05. The van der Waals surface area contributed by atoms with Crippen molar-refractivity contribution >= 4 is 39.7 Å². The molecule has 0 aliphatic carbocycles. The molecule has 27 heavy (non-hydrogen) atoms. The topological polar surface area (TPSA) is 190 Å². The molecule has 12 nitrogen and oxygen atoms in total. The minimum atomic E-state index is -4.92.